The van der Waals surface area contributed by atoms with Gasteiger partial charge in [-0.2, -0.15) is 0 Å². The van der Waals surface area contributed by atoms with Crippen molar-refractivity contribution < 1.29 is 22.8 Å². The Labute approximate surface area is 148 Å². The topological polar surface area (TPSA) is 58.2 Å². The van der Waals surface area contributed by atoms with Crippen molar-refractivity contribution in [1.29, 1.82) is 0 Å². The Hall–Kier alpha value is -2.83. The van der Waals surface area contributed by atoms with Gasteiger partial charge in [-0.1, -0.05) is 30.3 Å². The molecule has 1 saturated carbocycles. The minimum Gasteiger partial charge on any atom is -0.356 e. The molecule has 0 bridgehead atoms. The highest BCUT2D eigenvalue weighted by Crippen LogP contribution is 2.39. The average Bonchev–Trinajstić information content (AvgIpc) is 3.44. The molecule has 1 aliphatic carbocycles. The van der Waals surface area contributed by atoms with Crippen molar-refractivity contribution in [2.24, 2.45) is 11.8 Å². The fraction of sp³-hybridized carbons (Fsp3) is 0.263. The van der Waals surface area contributed by atoms with Crippen molar-refractivity contribution in [2.45, 2.75) is 12.8 Å². The van der Waals surface area contributed by atoms with Crippen molar-refractivity contribution in [1.82, 2.24) is 5.32 Å². The molecule has 26 heavy (non-hydrogen) atoms. The van der Waals surface area contributed by atoms with Crippen LogP contribution in [0.15, 0.2) is 42.5 Å². The van der Waals surface area contributed by atoms with Crippen LogP contribution in [0.3, 0.4) is 0 Å². The summed E-state index contributed by atoms with van der Waals surface area (Å²) in [6, 6.07) is 11.3. The predicted molar refractivity (Wildman–Crippen MR) is 89.7 cm³/mol. The molecule has 3 rings (SSSR count). The molecule has 0 radical (unpaired) electrons. The molecule has 0 aromatic heterocycles. The Morgan fingerprint density at radius 1 is 0.923 bits per heavy atom. The highest BCUT2D eigenvalue weighted by atomic mass is 19.2. The minimum absolute atomic E-state index is 0.244. The maximum absolute atomic E-state index is 13.6. The first kappa shape index (κ1) is 18.0. The van der Waals surface area contributed by atoms with E-state index in [1.54, 1.807) is 0 Å². The molecular formula is C19H17F3N2O2. The Kier molecular flexibility index (Phi) is 5.25. The van der Waals surface area contributed by atoms with Crippen molar-refractivity contribution in [2.75, 3.05) is 11.9 Å². The summed E-state index contributed by atoms with van der Waals surface area (Å²) < 4.78 is 39.7. The summed E-state index contributed by atoms with van der Waals surface area (Å²) in [6.07, 6.45) is 1.02. The van der Waals surface area contributed by atoms with E-state index in [2.05, 4.69) is 10.6 Å². The SMILES string of the molecule is O=C(NCCc1ccccc1)C1CC1C(=O)Nc1ccc(F)c(F)c1F. The van der Waals surface area contributed by atoms with E-state index in [4.69, 9.17) is 0 Å². The molecule has 2 unspecified atom stereocenters. The van der Waals surface area contributed by atoms with Crippen LogP contribution in [0.25, 0.3) is 0 Å². The van der Waals surface area contributed by atoms with Crippen LogP contribution in [0.2, 0.25) is 0 Å². The summed E-state index contributed by atoms with van der Waals surface area (Å²) in [5.41, 5.74) is 0.649. The van der Waals surface area contributed by atoms with Gasteiger partial charge >= 0.3 is 0 Å². The van der Waals surface area contributed by atoms with Gasteiger partial charge in [-0.25, -0.2) is 13.2 Å². The molecule has 2 aromatic carbocycles. The van der Waals surface area contributed by atoms with Crippen LogP contribution in [0.4, 0.5) is 18.9 Å². The third-order valence-electron chi connectivity index (χ3n) is 4.31. The normalized spacial score (nSPS) is 18.3. The van der Waals surface area contributed by atoms with Gasteiger partial charge in [-0.05, 0) is 30.5 Å². The summed E-state index contributed by atoms with van der Waals surface area (Å²) in [6.45, 7) is 0.450. The van der Waals surface area contributed by atoms with E-state index in [1.807, 2.05) is 30.3 Å². The van der Waals surface area contributed by atoms with Crippen molar-refractivity contribution in [3.63, 3.8) is 0 Å². The van der Waals surface area contributed by atoms with Crippen LogP contribution >= 0.6 is 0 Å². The fourth-order valence-corrected chi connectivity index (χ4v) is 2.73. The number of hydrogen-bond acceptors (Lipinski definition) is 2. The van der Waals surface area contributed by atoms with Crippen LogP contribution in [0, 0.1) is 29.3 Å². The lowest BCUT2D eigenvalue weighted by molar-refractivity contribution is -0.125. The Morgan fingerprint density at radius 3 is 2.35 bits per heavy atom. The molecule has 7 heteroatoms. The molecule has 2 amide bonds. The highest BCUT2D eigenvalue weighted by molar-refractivity contribution is 5.99. The monoisotopic (exact) mass is 362 g/mol. The van der Waals surface area contributed by atoms with E-state index < -0.39 is 40.9 Å². The van der Waals surface area contributed by atoms with Crippen LogP contribution in [-0.2, 0) is 16.0 Å². The second-order valence-electron chi connectivity index (χ2n) is 6.19. The van der Waals surface area contributed by atoms with Crippen LogP contribution < -0.4 is 10.6 Å². The molecule has 0 spiro atoms. The Balaban J connectivity index is 1.48. The number of hydrogen-bond donors (Lipinski definition) is 2. The Morgan fingerprint density at radius 2 is 1.62 bits per heavy atom. The van der Waals surface area contributed by atoms with Crippen molar-refractivity contribution in [3.8, 4) is 0 Å². The maximum atomic E-state index is 13.6. The molecule has 0 saturated heterocycles. The lowest BCUT2D eigenvalue weighted by atomic mass is 10.1. The molecule has 4 nitrogen and oxygen atoms in total. The zero-order chi connectivity index (χ0) is 18.7. The third kappa shape index (κ3) is 4.04. The smallest absolute Gasteiger partial charge is 0.228 e. The van der Waals surface area contributed by atoms with Gasteiger partial charge in [0.2, 0.25) is 11.8 Å². The van der Waals surface area contributed by atoms with Crippen LogP contribution in [0.5, 0.6) is 0 Å². The van der Waals surface area contributed by atoms with E-state index in [0.29, 0.717) is 19.4 Å². The van der Waals surface area contributed by atoms with Gasteiger partial charge in [-0.3, -0.25) is 9.59 Å². The van der Waals surface area contributed by atoms with Crippen LogP contribution in [-0.4, -0.2) is 18.4 Å². The summed E-state index contributed by atoms with van der Waals surface area (Å²) in [5, 5.41) is 4.97. The number of amides is 2. The predicted octanol–water partition coefficient (Wildman–Crippen LogP) is 3.04. The fourth-order valence-electron chi connectivity index (χ4n) is 2.73. The summed E-state index contributed by atoms with van der Waals surface area (Å²) in [7, 11) is 0. The van der Waals surface area contributed by atoms with E-state index >= 15 is 0 Å². The maximum Gasteiger partial charge on any atom is 0.228 e. The second kappa shape index (κ2) is 7.59. The molecule has 1 fully saturated rings. The number of carbonyl (C=O) groups is 2. The summed E-state index contributed by atoms with van der Waals surface area (Å²) in [4.78, 5) is 24.1. The number of rotatable bonds is 6. The zero-order valence-corrected chi connectivity index (χ0v) is 13.8. The molecule has 0 aliphatic heterocycles. The first-order valence-electron chi connectivity index (χ1n) is 8.23. The average molecular weight is 362 g/mol. The molecule has 2 N–H and O–H groups in total. The van der Waals surface area contributed by atoms with Gasteiger partial charge in [0.25, 0.3) is 0 Å². The Bertz CT molecular complexity index is 827. The van der Waals surface area contributed by atoms with E-state index in [9.17, 15) is 22.8 Å². The summed E-state index contributed by atoms with van der Waals surface area (Å²) >= 11 is 0. The van der Waals surface area contributed by atoms with Crippen LogP contribution in [0.1, 0.15) is 12.0 Å². The molecule has 2 atom stereocenters. The van der Waals surface area contributed by atoms with Crippen molar-refractivity contribution >= 4 is 17.5 Å². The van der Waals surface area contributed by atoms with Gasteiger partial charge in [0.05, 0.1) is 17.5 Å². The third-order valence-corrected chi connectivity index (χ3v) is 4.31. The van der Waals surface area contributed by atoms with E-state index in [1.165, 1.54) is 0 Å². The summed E-state index contributed by atoms with van der Waals surface area (Å²) in [5.74, 6) is -6.34. The standard InChI is InChI=1S/C19H17F3N2O2/c20-14-6-7-15(17(22)16(14)21)24-19(26)13-10-12(13)18(25)23-9-8-11-4-2-1-3-5-11/h1-7,12-13H,8-10H2,(H,23,25)(H,24,26). The van der Waals surface area contributed by atoms with E-state index in [0.717, 1.165) is 17.7 Å². The largest absolute Gasteiger partial charge is 0.356 e. The van der Waals surface area contributed by atoms with Gasteiger partial charge < -0.3 is 10.6 Å². The second-order valence-corrected chi connectivity index (χ2v) is 6.19. The van der Waals surface area contributed by atoms with Gasteiger partial charge in [0.15, 0.2) is 17.5 Å². The quantitative estimate of drug-likeness (QED) is 0.776. The number of benzene rings is 2. The number of halogens is 3. The molecule has 136 valence electrons. The number of carbonyl (C=O) groups excluding carboxylic acids is 2. The van der Waals surface area contributed by atoms with Crippen molar-refractivity contribution in [3.05, 3.63) is 65.5 Å². The van der Waals surface area contributed by atoms with Gasteiger partial charge in [0.1, 0.15) is 0 Å². The number of anilines is 1. The molecule has 0 heterocycles. The lowest BCUT2D eigenvalue weighted by Gasteiger charge is -2.08. The molecular weight excluding hydrogens is 345 g/mol. The highest BCUT2D eigenvalue weighted by Gasteiger charge is 2.48. The van der Waals surface area contributed by atoms with E-state index in [-0.39, 0.29) is 5.91 Å². The van der Waals surface area contributed by atoms with Gasteiger partial charge in [0, 0.05) is 6.54 Å². The first-order chi connectivity index (χ1) is 12.5. The lowest BCUT2D eigenvalue weighted by Crippen LogP contribution is -2.29. The molecule has 1 aliphatic rings. The molecule has 2 aromatic rings. The van der Waals surface area contributed by atoms with Gasteiger partial charge in [-0.15, -0.1) is 0 Å². The first-order valence-corrected chi connectivity index (χ1v) is 8.23. The number of nitrogens with one attached hydrogen (secondary N) is 2. The minimum atomic E-state index is -1.64. The zero-order valence-electron chi connectivity index (χ0n) is 13.8.